The Morgan fingerprint density at radius 2 is 2.36 bits per heavy atom. The maximum atomic E-state index is 9.25. The van der Waals surface area contributed by atoms with Gasteiger partial charge in [0, 0.05) is 11.3 Å². The van der Waals surface area contributed by atoms with E-state index in [0.717, 1.165) is 15.1 Å². The van der Waals surface area contributed by atoms with Crippen LogP contribution in [0.5, 0.6) is 0 Å². The van der Waals surface area contributed by atoms with Crippen molar-refractivity contribution < 1.29 is 5.11 Å². The van der Waals surface area contributed by atoms with E-state index in [1.807, 2.05) is 12.1 Å². The third-order valence-electron chi connectivity index (χ3n) is 1.89. The first-order chi connectivity index (χ1) is 6.65. The van der Waals surface area contributed by atoms with Crippen LogP contribution in [-0.4, -0.2) is 16.2 Å². The van der Waals surface area contributed by atoms with Gasteiger partial charge in [-0.3, -0.25) is 0 Å². The molecule has 1 atom stereocenters. The van der Waals surface area contributed by atoms with Crippen LogP contribution >= 0.6 is 22.9 Å². The fourth-order valence-electron chi connectivity index (χ4n) is 1.34. The van der Waals surface area contributed by atoms with E-state index >= 15 is 0 Å². The predicted molar refractivity (Wildman–Crippen MR) is 60.0 cm³/mol. The van der Waals surface area contributed by atoms with E-state index in [2.05, 4.69) is 4.98 Å². The summed E-state index contributed by atoms with van der Waals surface area (Å²) in [4.78, 5) is 5.34. The smallest absolute Gasteiger partial charge is 0.129 e. The van der Waals surface area contributed by atoms with E-state index in [-0.39, 0.29) is 6.10 Å². The highest BCUT2D eigenvalue weighted by molar-refractivity contribution is 7.19. The first kappa shape index (κ1) is 9.90. The molecule has 2 nitrogen and oxygen atoms in total. The maximum Gasteiger partial charge on any atom is 0.129 e. The molecule has 2 aromatic rings. The van der Waals surface area contributed by atoms with Crippen LogP contribution in [0.1, 0.15) is 11.8 Å². The molecule has 74 valence electrons. The Bertz CT molecular complexity index is 452. The lowest BCUT2D eigenvalue weighted by molar-refractivity contribution is 0.196. The van der Waals surface area contributed by atoms with Gasteiger partial charge >= 0.3 is 0 Å². The van der Waals surface area contributed by atoms with E-state index in [1.54, 1.807) is 24.3 Å². The second-order valence-electron chi connectivity index (χ2n) is 3.28. The van der Waals surface area contributed by atoms with Gasteiger partial charge in [0.1, 0.15) is 5.15 Å². The van der Waals surface area contributed by atoms with Crippen molar-refractivity contribution in [1.82, 2.24) is 4.98 Å². The molecule has 2 heterocycles. The molecule has 0 saturated carbocycles. The van der Waals surface area contributed by atoms with Crippen LogP contribution in [0.25, 0.3) is 10.2 Å². The Kier molecular flexibility index (Phi) is 2.72. The van der Waals surface area contributed by atoms with Crippen LogP contribution in [0.3, 0.4) is 0 Å². The van der Waals surface area contributed by atoms with Gasteiger partial charge in [0.15, 0.2) is 0 Å². The molecule has 2 rings (SSSR count). The number of hydrogen-bond acceptors (Lipinski definition) is 3. The molecule has 0 amide bonds. The summed E-state index contributed by atoms with van der Waals surface area (Å²) in [5, 5.41) is 9.76. The lowest BCUT2D eigenvalue weighted by Crippen LogP contribution is -2.01. The first-order valence-electron chi connectivity index (χ1n) is 4.38. The molecule has 0 saturated heterocycles. The van der Waals surface area contributed by atoms with Gasteiger partial charge in [0.2, 0.25) is 0 Å². The molecular formula is C10H10ClNOS. The minimum absolute atomic E-state index is 0.307. The molecule has 14 heavy (non-hydrogen) atoms. The molecule has 2 aromatic heterocycles. The van der Waals surface area contributed by atoms with E-state index in [9.17, 15) is 5.11 Å². The van der Waals surface area contributed by atoms with Crippen LogP contribution in [-0.2, 0) is 6.42 Å². The number of nitrogens with zero attached hydrogens (tertiary/aromatic N) is 1. The molecular weight excluding hydrogens is 218 g/mol. The van der Waals surface area contributed by atoms with Crippen molar-refractivity contribution in [2.45, 2.75) is 19.4 Å². The molecule has 0 bridgehead atoms. The highest BCUT2D eigenvalue weighted by atomic mass is 35.5. The zero-order valence-corrected chi connectivity index (χ0v) is 9.27. The Labute approximate surface area is 91.2 Å². The number of pyridine rings is 1. The molecule has 0 radical (unpaired) electrons. The van der Waals surface area contributed by atoms with Gasteiger partial charge in [-0.25, -0.2) is 4.98 Å². The van der Waals surface area contributed by atoms with Gasteiger partial charge in [-0.05, 0) is 25.1 Å². The number of aliphatic hydroxyl groups excluding tert-OH is 1. The molecule has 4 heteroatoms. The Morgan fingerprint density at radius 1 is 1.57 bits per heavy atom. The second kappa shape index (κ2) is 3.85. The third kappa shape index (κ3) is 2.05. The average Bonchev–Trinajstić information content (AvgIpc) is 2.44. The van der Waals surface area contributed by atoms with Crippen molar-refractivity contribution >= 4 is 33.2 Å². The minimum atomic E-state index is -0.307. The van der Waals surface area contributed by atoms with E-state index in [4.69, 9.17) is 11.6 Å². The maximum absolute atomic E-state index is 9.25. The fourth-order valence-corrected chi connectivity index (χ4v) is 2.62. The topological polar surface area (TPSA) is 33.1 Å². The lowest BCUT2D eigenvalue weighted by atomic mass is 10.2. The van der Waals surface area contributed by atoms with Gasteiger partial charge in [0.05, 0.1) is 16.3 Å². The number of fused-ring (bicyclic) bond motifs is 1. The highest BCUT2D eigenvalue weighted by Gasteiger charge is 2.05. The zero-order chi connectivity index (χ0) is 10.1. The monoisotopic (exact) mass is 227 g/mol. The molecule has 0 aliphatic rings. The summed E-state index contributed by atoms with van der Waals surface area (Å²) in [6.07, 6.45) is 0.372. The second-order valence-corrected chi connectivity index (χ2v) is 4.84. The lowest BCUT2D eigenvalue weighted by Gasteiger charge is -1.98. The third-order valence-corrected chi connectivity index (χ3v) is 3.21. The molecule has 0 fully saturated rings. The minimum Gasteiger partial charge on any atom is -0.393 e. The SMILES string of the molecule is C[C@@H](O)Cc1cc2nc(Cl)ccc2s1. The summed E-state index contributed by atoms with van der Waals surface area (Å²) in [7, 11) is 0. The van der Waals surface area contributed by atoms with Crippen molar-refractivity contribution in [2.75, 3.05) is 0 Å². The van der Waals surface area contributed by atoms with Crippen LogP contribution in [0.15, 0.2) is 18.2 Å². The van der Waals surface area contributed by atoms with Crippen LogP contribution in [0.2, 0.25) is 5.15 Å². The molecule has 0 aliphatic carbocycles. The summed E-state index contributed by atoms with van der Waals surface area (Å²) >= 11 is 7.43. The molecule has 0 spiro atoms. The zero-order valence-electron chi connectivity index (χ0n) is 7.70. The van der Waals surface area contributed by atoms with Crippen LogP contribution in [0, 0.1) is 0 Å². The van der Waals surface area contributed by atoms with E-state index < -0.39 is 0 Å². The molecule has 0 unspecified atom stereocenters. The normalized spacial score (nSPS) is 13.4. The molecule has 0 aromatic carbocycles. The number of thiophene rings is 1. The Balaban J connectivity index is 2.41. The predicted octanol–water partition coefficient (Wildman–Crippen LogP) is 2.87. The highest BCUT2D eigenvalue weighted by Crippen LogP contribution is 2.26. The van der Waals surface area contributed by atoms with E-state index in [1.165, 1.54) is 0 Å². The summed E-state index contributed by atoms with van der Waals surface area (Å²) in [5.41, 5.74) is 0.915. The summed E-state index contributed by atoms with van der Waals surface area (Å²) in [6.45, 7) is 1.78. The molecule has 0 aliphatic heterocycles. The summed E-state index contributed by atoms with van der Waals surface area (Å²) < 4.78 is 1.12. The Hall–Kier alpha value is -0.640. The van der Waals surface area contributed by atoms with Crippen molar-refractivity contribution in [3.05, 3.63) is 28.2 Å². The number of halogens is 1. The van der Waals surface area contributed by atoms with Crippen molar-refractivity contribution in [2.24, 2.45) is 0 Å². The number of hydrogen-bond donors (Lipinski definition) is 1. The van der Waals surface area contributed by atoms with Crippen LogP contribution in [0.4, 0.5) is 0 Å². The largest absolute Gasteiger partial charge is 0.393 e. The number of rotatable bonds is 2. The summed E-state index contributed by atoms with van der Waals surface area (Å²) in [5.74, 6) is 0. The first-order valence-corrected chi connectivity index (χ1v) is 5.57. The fraction of sp³-hybridized carbons (Fsp3) is 0.300. The standard InChI is InChI=1S/C10H10ClNOS/c1-6(13)4-7-5-8-9(14-7)2-3-10(11)12-8/h2-3,5-6,13H,4H2,1H3/t6-/m1/s1. The average molecular weight is 228 g/mol. The van der Waals surface area contributed by atoms with Crippen molar-refractivity contribution in [1.29, 1.82) is 0 Å². The van der Waals surface area contributed by atoms with Crippen molar-refractivity contribution in [3.63, 3.8) is 0 Å². The van der Waals surface area contributed by atoms with Crippen molar-refractivity contribution in [3.8, 4) is 0 Å². The van der Waals surface area contributed by atoms with Gasteiger partial charge in [0.25, 0.3) is 0 Å². The summed E-state index contributed by atoms with van der Waals surface area (Å²) in [6, 6.07) is 5.73. The van der Waals surface area contributed by atoms with Gasteiger partial charge in [-0.2, -0.15) is 0 Å². The van der Waals surface area contributed by atoms with Gasteiger partial charge < -0.3 is 5.11 Å². The van der Waals surface area contributed by atoms with Gasteiger partial charge in [-0.15, -0.1) is 11.3 Å². The van der Waals surface area contributed by atoms with Crippen LogP contribution < -0.4 is 0 Å². The quantitative estimate of drug-likeness (QED) is 0.801. The Morgan fingerprint density at radius 3 is 3.07 bits per heavy atom. The van der Waals surface area contributed by atoms with E-state index in [0.29, 0.717) is 11.6 Å². The number of aromatic nitrogens is 1. The number of aliphatic hydroxyl groups is 1. The van der Waals surface area contributed by atoms with Gasteiger partial charge in [-0.1, -0.05) is 11.6 Å². The molecule has 1 N–H and O–H groups in total.